The first-order valence-corrected chi connectivity index (χ1v) is 5.95. The van der Waals surface area contributed by atoms with Gasteiger partial charge in [0.2, 0.25) is 0 Å². The molecule has 0 spiro atoms. The number of benzene rings is 1. The number of hydrogen-bond donors (Lipinski definition) is 3. The molecule has 5 nitrogen and oxygen atoms in total. The number of hydrogen-bond acceptors (Lipinski definition) is 4. The Hall–Kier alpha value is -1.82. The minimum atomic E-state index is 0.117. The van der Waals surface area contributed by atoms with E-state index in [4.69, 9.17) is 17.0 Å². The first-order valence-electron chi connectivity index (χ1n) is 5.54. The summed E-state index contributed by atoms with van der Waals surface area (Å²) in [6.07, 6.45) is 0. The molecule has 0 heterocycles. The first kappa shape index (κ1) is 14.2. The number of nitrogens with one attached hydrogen (secondary N) is 2. The van der Waals surface area contributed by atoms with Gasteiger partial charge in [0.1, 0.15) is 11.5 Å². The number of ether oxygens (including phenoxy) is 1. The third-order valence-corrected chi connectivity index (χ3v) is 2.48. The first-order chi connectivity index (χ1) is 8.60. The van der Waals surface area contributed by atoms with Gasteiger partial charge in [-0.2, -0.15) is 5.10 Å². The predicted molar refractivity (Wildman–Crippen MR) is 76.3 cm³/mol. The molecule has 1 aromatic carbocycles. The van der Waals surface area contributed by atoms with E-state index >= 15 is 0 Å². The van der Waals surface area contributed by atoms with E-state index < -0.39 is 0 Å². The summed E-state index contributed by atoms with van der Waals surface area (Å²) in [5.74, 6) is 0.680. The Labute approximate surface area is 112 Å². The normalized spacial score (nSPS) is 10.9. The number of rotatable bonds is 4. The molecule has 3 N–H and O–H groups in total. The molecule has 1 rings (SSSR count). The largest absolute Gasteiger partial charge is 0.507 e. The molecule has 0 radical (unpaired) electrons. The molecule has 98 valence electrons. The molecule has 18 heavy (non-hydrogen) atoms. The standard InChI is InChI=1S/C12H17N3O2S/c1-4-13-12(18)15-14-8(2)11-9(16)6-5-7-10(11)17-3/h5-7,16H,4H2,1-3H3,(H2,13,15,18)/b14-8-. The van der Waals surface area contributed by atoms with E-state index in [-0.39, 0.29) is 5.75 Å². The van der Waals surface area contributed by atoms with Crippen molar-refractivity contribution in [2.45, 2.75) is 13.8 Å². The van der Waals surface area contributed by atoms with Crippen LogP contribution in [0.2, 0.25) is 0 Å². The average Bonchev–Trinajstić information content (AvgIpc) is 2.36. The average molecular weight is 267 g/mol. The number of hydrazone groups is 1. The van der Waals surface area contributed by atoms with Crippen molar-refractivity contribution in [3.05, 3.63) is 23.8 Å². The van der Waals surface area contributed by atoms with E-state index in [2.05, 4.69) is 15.8 Å². The van der Waals surface area contributed by atoms with Crippen LogP contribution in [-0.4, -0.2) is 29.6 Å². The second kappa shape index (κ2) is 6.80. The predicted octanol–water partition coefficient (Wildman–Crippen LogP) is 1.61. The highest BCUT2D eigenvalue weighted by Gasteiger charge is 2.11. The number of nitrogens with zero attached hydrogens (tertiary/aromatic N) is 1. The maximum atomic E-state index is 9.82. The van der Waals surface area contributed by atoms with Crippen LogP contribution >= 0.6 is 12.2 Å². The Morgan fingerprint density at radius 3 is 2.83 bits per heavy atom. The smallest absolute Gasteiger partial charge is 0.186 e. The van der Waals surface area contributed by atoms with E-state index in [1.165, 1.54) is 0 Å². The van der Waals surface area contributed by atoms with E-state index in [0.29, 0.717) is 22.1 Å². The highest BCUT2D eigenvalue weighted by molar-refractivity contribution is 7.80. The van der Waals surface area contributed by atoms with Crippen molar-refractivity contribution < 1.29 is 9.84 Å². The van der Waals surface area contributed by atoms with Gasteiger partial charge in [-0.1, -0.05) is 6.07 Å². The third-order valence-electron chi connectivity index (χ3n) is 2.25. The maximum Gasteiger partial charge on any atom is 0.186 e. The van der Waals surface area contributed by atoms with Gasteiger partial charge < -0.3 is 15.2 Å². The molecule has 0 atom stereocenters. The van der Waals surface area contributed by atoms with Crippen LogP contribution in [0.3, 0.4) is 0 Å². The van der Waals surface area contributed by atoms with Crippen LogP contribution in [0.15, 0.2) is 23.3 Å². The molecule has 0 saturated carbocycles. The molecule has 0 fully saturated rings. The zero-order chi connectivity index (χ0) is 13.5. The van der Waals surface area contributed by atoms with Crippen molar-refractivity contribution in [1.82, 2.24) is 10.7 Å². The van der Waals surface area contributed by atoms with Gasteiger partial charge in [-0.3, -0.25) is 5.43 Å². The van der Waals surface area contributed by atoms with Crippen molar-refractivity contribution in [3.63, 3.8) is 0 Å². The van der Waals surface area contributed by atoms with Crippen LogP contribution in [-0.2, 0) is 0 Å². The monoisotopic (exact) mass is 267 g/mol. The van der Waals surface area contributed by atoms with Crippen molar-refractivity contribution in [2.24, 2.45) is 5.10 Å². The maximum absolute atomic E-state index is 9.82. The minimum Gasteiger partial charge on any atom is -0.507 e. The Kier molecular flexibility index (Phi) is 5.38. The van der Waals surface area contributed by atoms with Gasteiger partial charge in [-0.25, -0.2) is 0 Å². The number of thiocarbonyl (C=S) groups is 1. The van der Waals surface area contributed by atoms with E-state index in [1.807, 2.05) is 6.92 Å². The Balaban J connectivity index is 2.92. The summed E-state index contributed by atoms with van der Waals surface area (Å²) in [7, 11) is 1.54. The molecular formula is C12H17N3O2S. The number of methoxy groups -OCH3 is 1. The van der Waals surface area contributed by atoms with Crippen LogP contribution in [0.25, 0.3) is 0 Å². The highest BCUT2D eigenvalue weighted by Crippen LogP contribution is 2.27. The number of phenols is 1. The quantitative estimate of drug-likeness (QED) is 0.439. The lowest BCUT2D eigenvalue weighted by molar-refractivity contribution is 0.406. The van der Waals surface area contributed by atoms with Crippen LogP contribution < -0.4 is 15.5 Å². The lowest BCUT2D eigenvalue weighted by atomic mass is 10.1. The van der Waals surface area contributed by atoms with Gasteiger partial charge in [0.25, 0.3) is 0 Å². The van der Waals surface area contributed by atoms with Crippen molar-refractivity contribution in [1.29, 1.82) is 0 Å². The lowest BCUT2D eigenvalue weighted by Crippen LogP contribution is -2.32. The molecular weight excluding hydrogens is 250 g/mol. The summed E-state index contributed by atoms with van der Waals surface area (Å²) in [6, 6.07) is 5.05. The molecule has 0 unspecified atom stereocenters. The molecule has 0 saturated heterocycles. The summed E-state index contributed by atoms with van der Waals surface area (Å²) >= 11 is 4.99. The molecule has 0 aromatic heterocycles. The van der Waals surface area contributed by atoms with Crippen LogP contribution in [0, 0.1) is 0 Å². The second-order valence-electron chi connectivity index (χ2n) is 3.52. The molecule has 0 aliphatic heterocycles. The summed E-state index contributed by atoms with van der Waals surface area (Å²) in [5, 5.41) is 17.3. The molecule has 1 aromatic rings. The van der Waals surface area contributed by atoms with Crippen LogP contribution in [0.5, 0.6) is 11.5 Å². The van der Waals surface area contributed by atoms with E-state index in [1.54, 1.807) is 32.2 Å². The summed E-state index contributed by atoms with van der Waals surface area (Å²) in [6.45, 7) is 4.43. The fourth-order valence-corrected chi connectivity index (χ4v) is 1.63. The molecule has 0 aliphatic carbocycles. The summed E-state index contributed by atoms with van der Waals surface area (Å²) in [5.41, 5.74) is 3.84. The van der Waals surface area contributed by atoms with E-state index in [0.717, 1.165) is 6.54 Å². The fraction of sp³-hybridized carbons (Fsp3) is 0.333. The minimum absolute atomic E-state index is 0.117. The third kappa shape index (κ3) is 3.59. The van der Waals surface area contributed by atoms with E-state index in [9.17, 15) is 5.11 Å². The van der Waals surface area contributed by atoms with Gasteiger partial charge in [0.05, 0.1) is 18.4 Å². The second-order valence-corrected chi connectivity index (χ2v) is 3.93. The Morgan fingerprint density at radius 1 is 1.50 bits per heavy atom. The molecule has 0 bridgehead atoms. The van der Waals surface area contributed by atoms with Gasteiger partial charge in [-0.15, -0.1) is 0 Å². The lowest BCUT2D eigenvalue weighted by Gasteiger charge is -2.10. The van der Waals surface area contributed by atoms with Crippen LogP contribution in [0.1, 0.15) is 19.4 Å². The SMILES string of the molecule is CCNC(=S)N/N=C(/C)c1c(O)cccc1OC. The summed E-state index contributed by atoms with van der Waals surface area (Å²) in [4.78, 5) is 0. The van der Waals surface area contributed by atoms with Gasteiger partial charge in [-0.05, 0) is 38.2 Å². The molecule has 6 heteroatoms. The number of phenolic OH excluding ortho intramolecular Hbond substituents is 1. The number of aromatic hydroxyl groups is 1. The van der Waals surface area contributed by atoms with Gasteiger partial charge in [0, 0.05) is 6.54 Å². The highest BCUT2D eigenvalue weighted by atomic mass is 32.1. The van der Waals surface area contributed by atoms with Gasteiger partial charge in [0.15, 0.2) is 5.11 Å². The Bertz CT molecular complexity index is 461. The van der Waals surface area contributed by atoms with Gasteiger partial charge >= 0.3 is 0 Å². The molecule has 0 amide bonds. The van der Waals surface area contributed by atoms with Crippen molar-refractivity contribution in [3.8, 4) is 11.5 Å². The van der Waals surface area contributed by atoms with Crippen molar-refractivity contribution >= 4 is 23.0 Å². The Morgan fingerprint density at radius 2 is 2.22 bits per heavy atom. The zero-order valence-corrected chi connectivity index (χ0v) is 11.5. The molecule has 0 aliphatic rings. The van der Waals surface area contributed by atoms with Crippen LogP contribution in [0.4, 0.5) is 0 Å². The zero-order valence-electron chi connectivity index (χ0n) is 10.7. The van der Waals surface area contributed by atoms with Crippen molar-refractivity contribution in [2.75, 3.05) is 13.7 Å². The fourth-order valence-electron chi connectivity index (χ4n) is 1.44. The summed E-state index contributed by atoms with van der Waals surface area (Å²) < 4.78 is 5.18. The topological polar surface area (TPSA) is 65.9 Å².